The molecule has 4 rings (SSSR count). The largest absolute Gasteiger partial charge is 0.351 e. The van der Waals surface area contributed by atoms with Crippen molar-refractivity contribution in [2.75, 3.05) is 6.54 Å². The van der Waals surface area contributed by atoms with E-state index >= 15 is 0 Å². The van der Waals surface area contributed by atoms with Crippen molar-refractivity contribution in [2.24, 2.45) is 5.92 Å². The first kappa shape index (κ1) is 22.5. The van der Waals surface area contributed by atoms with E-state index in [0.717, 1.165) is 40.9 Å². The Morgan fingerprint density at radius 3 is 2.59 bits per heavy atom. The number of hydrogen-bond donors (Lipinski definition) is 1. The molecule has 2 heterocycles. The molecule has 1 unspecified atom stereocenters. The van der Waals surface area contributed by atoms with E-state index in [1.807, 2.05) is 49.4 Å². The smallest absolute Gasteiger partial charge is 0.258 e. The molecule has 0 radical (unpaired) electrons. The molecule has 0 amide bonds. The van der Waals surface area contributed by atoms with Crippen molar-refractivity contribution in [3.63, 3.8) is 0 Å². The number of rotatable bonds is 6. The summed E-state index contributed by atoms with van der Waals surface area (Å²) in [5.74, 6) is 1.63. The lowest BCUT2D eigenvalue weighted by atomic mass is 9.94. The highest BCUT2D eigenvalue weighted by atomic mass is 35.5. The van der Waals surface area contributed by atoms with Crippen LogP contribution in [-0.2, 0) is 0 Å². The lowest BCUT2D eigenvalue weighted by Gasteiger charge is -2.37. The van der Waals surface area contributed by atoms with Crippen LogP contribution in [0.2, 0.25) is 5.02 Å². The quantitative estimate of drug-likeness (QED) is 0.424. The van der Waals surface area contributed by atoms with Crippen LogP contribution >= 0.6 is 23.8 Å². The summed E-state index contributed by atoms with van der Waals surface area (Å²) in [5.41, 5.74) is 5.06. The fourth-order valence-corrected chi connectivity index (χ4v) is 4.33. The van der Waals surface area contributed by atoms with Crippen LogP contribution in [-0.4, -0.2) is 26.7 Å². The van der Waals surface area contributed by atoms with Crippen molar-refractivity contribution in [2.45, 2.75) is 40.2 Å². The van der Waals surface area contributed by atoms with Crippen molar-refractivity contribution in [3.05, 3.63) is 76.3 Å². The van der Waals surface area contributed by atoms with E-state index in [4.69, 9.17) is 33.3 Å². The molecule has 1 aromatic heterocycles. The molecule has 166 valence electrons. The first-order valence-corrected chi connectivity index (χ1v) is 11.6. The zero-order valence-corrected chi connectivity index (χ0v) is 20.3. The van der Waals surface area contributed by atoms with Crippen LogP contribution in [0, 0.1) is 12.8 Å². The minimum Gasteiger partial charge on any atom is -0.351 e. The Balaban J connectivity index is 1.79. The van der Waals surface area contributed by atoms with Crippen molar-refractivity contribution < 1.29 is 4.52 Å². The van der Waals surface area contributed by atoms with Gasteiger partial charge in [-0.2, -0.15) is 4.98 Å². The van der Waals surface area contributed by atoms with E-state index in [1.54, 1.807) is 0 Å². The zero-order chi connectivity index (χ0) is 22.8. The van der Waals surface area contributed by atoms with Crippen molar-refractivity contribution in [3.8, 4) is 11.4 Å². The molecule has 0 saturated heterocycles. The minimum atomic E-state index is -0.208. The fourth-order valence-electron chi connectivity index (χ4n) is 3.85. The maximum Gasteiger partial charge on any atom is 0.258 e. The third-order valence-electron chi connectivity index (χ3n) is 5.66. The van der Waals surface area contributed by atoms with Gasteiger partial charge in [-0.1, -0.05) is 66.5 Å². The van der Waals surface area contributed by atoms with Gasteiger partial charge in [-0.3, -0.25) is 0 Å². The highest BCUT2D eigenvalue weighted by Gasteiger charge is 2.34. The van der Waals surface area contributed by atoms with Gasteiger partial charge in [-0.25, -0.2) is 0 Å². The van der Waals surface area contributed by atoms with E-state index in [1.165, 1.54) is 0 Å². The molecule has 2 aromatic carbocycles. The summed E-state index contributed by atoms with van der Waals surface area (Å²) in [6.45, 7) is 9.37. The predicted molar refractivity (Wildman–Crippen MR) is 133 cm³/mol. The summed E-state index contributed by atoms with van der Waals surface area (Å²) in [6.07, 6.45) is 1.02. The SMILES string of the molecule is CC1=C(c2nc(-c3cccc(C)c3)no2)C(c2ccc(Cl)cc2)NC(=S)N1CCC(C)C. The van der Waals surface area contributed by atoms with Crippen LogP contribution in [0.15, 0.2) is 58.8 Å². The number of hydrogen-bond acceptors (Lipinski definition) is 4. The van der Waals surface area contributed by atoms with Gasteiger partial charge < -0.3 is 14.7 Å². The molecular formula is C25H27ClN4OS. The van der Waals surface area contributed by atoms with Gasteiger partial charge in [0.25, 0.3) is 5.89 Å². The number of halogens is 1. The lowest BCUT2D eigenvalue weighted by Crippen LogP contribution is -2.46. The van der Waals surface area contributed by atoms with Gasteiger partial charge in [0.1, 0.15) is 0 Å². The standard InChI is InChI=1S/C25H27ClN4OS/c1-15(2)12-13-30-17(4)21(22(27-25(30)32)18-8-10-20(26)11-9-18)24-28-23(29-31-24)19-7-5-6-16(3)14-19/h5-11,14-15,22H,12-13H2,1-4H3,(H,27,32). The van der Waals surface area contributed by atoms with Gasteiger partial charge in [0, 0.05) is 22.8 Å². The molecule has 0 fully saturated rings. The fraction of sp³-hybridized carbons (Fsp3) is 0.320. The van der Waals surface area contributed by atoms with Crippen molar-refractivity contribution >= 4 is 34.5 Å². The van der Waals surface area contributed by atoms with Crippen LogP contribution < -0.4 is 5.32 Å². The Morgan fingerprint density at radius 1 is 1.16 bits per heavy atom. The Labute approximate surface area is 199 Å². The summed E-state index contributed by atoms with van der Waals surface area (Å²) >= 11 is 11.9. The van der Waals surface area contributed by atoms with Crippen LogP contribution in [0.4, 0.5) is 0 Å². The predicted octanol–water partition coefficient (Wildman–Crippen LogP) is 6.41. The molecule has 1 aliphatic rings. The van der Waals surface area contributed by atoms with E-state index < -0.39 is 0 Å². The molecule has 1 aliphatic heterocycles. The van der Waals surface area contributed by atoms with Gasteiger partial charge in [0.2, 0.25) is 5.82 Å². The number of aromatic nitrogens is 2. The van der Waals surface area contributed by atoms with Crippen molar-refractivity contribution in [1.82, 2.24) is 20.4 Å². The third-order valence-corrected chi connectivity index (χ3v) is 6.25. The average Bonchev–Trinajstić information content (AvgIpc) is 3.23. The number of benzene rings is 2. The third kappa shape index (κ3) is 4.71. The van der Waals surface area contributed by atoms with Crippen LogP contribution in [0.25, 0.3) is 17.0 Å². The summed E-state index contributed by atoms with van der Waals surface area (Å²) in [5, 5.41) is 9.16. The molecule has 0 spiro atoms. The number of aryl methyl sites for hydroxylation is 1. The van der Waals surface area contributed by atoms with Gasteiger partial charge >= 0.3 is 0 Å². The van der Waals surface area contributed by atoms with E-state index in [2.05, 4.69) is 42.2 Å². The molecule has 32 heavy (non-hydrogen) atoms. The number of allylic oxidation sites excluding steroid dienone is 1. The Bertz CT molecular complexity index is 1150. The molecule has 5 nitrogen and oxygen atoms in total. The zero-order valence-electron chi connectivity index (χ0n) is 18.7. The monoisotopic (exact) mass is 466 g/mol. The average molecular weight is 467 g/mol. The normalized spacial score (nSPS) is 16.6. The highest BCUT2D eigenvalue weighted by Crippen LogP contribution is 2.38. The van der Waals surface area contributed by atoms with Gasteiger partial charge in [-0.05, 0) is 62.2 Å². The molecular weight excluding hydrogens is 440 g/mol. The van der Waals surface area contributed by atoms with Crippen LogP contribution in [0.3, 0.4) is 0 Å². The molecule has 0 bridgehead atoms. The molecule has 3 aromatic rings. The summed E-state index contributed by atoms with van der Waals surface area (Å²) in [6, 6.07) is 15.6. The number of nitrogens with one attached hydrogen (secondary N) is 1. The van der Waals surface area contributed by atoms with Gasteiger partial charge in [0.05, 0.1) is 11.6 Å². The molecule has 7 heteroatoms. The van der Waals surface area contributed by atoms with E-state index in [9.17, 15) is 0 Å². The lowest BCUT2D eigenvalue weighted by molar-refractivity contribution is 0.390. The second-order valence-corrected chi connectivity index (χ2v) is 9.38. The second kappa shape index (κ2) is 9.43. The maximum atomic E-state index is 6.13. The van der Waals surface area contributed by atoms with Crippen LogP contribution in [0.5, 0.6) is 0 Å². The Morgan fingerprint density at radius 2 is 1.91 bits per heavy atom. The second-order valence-electron chi connectivity index (χ2n) is 8.56. The van der Waals surface area contributed by atoms with E-state index in [0.29, 0.717) is 27.8 Å². The Hall–Kier alpha value is -2.70. The van der Waals surface area contributed by atoms with E-state index in [-0.39, 0.29) is 6.04 Å². The van der Waals surface area contributed by atoms with Crippen LogP contribution in [0.1, 0.15) is 50.3 Å². The summed E-state index contributed by atoms with van der Waals surface area (Å²) in [7, 11) is 0. The minimum absolute atomic E-state index is 0.208. The topological polar surface area (TPSA) is 54.2 Å². The number of thiocarbonyl (C=S) groups is 1. The Kier molecular flexibility index (Phi) is 6.63. The molecule has 1 atom stereocenters. The van der Waals surface area contributed by atoms with Crippen molar-refractivity contribution in [1.29, 1.82) is 0 Å². The van der Waals surface area contributed by atoms with Gasteiger partial charge in [0.15, 0.2) is 5.11 Å². The maximum absolute atomic E-state index is 6.13. The highest BCUT2D eigenvalue weighted by molar-refractivity contribution is 7.80. The first-order chi connectivity index (χ1) is 15.3. The number of nitrogens with zero attached hydrogens (tertiary/aromatic N) is 3. The molecule has 0 aliphatic carbocycles. The van der Waals surface area contributed by atoms with Gasteiger partial charge in [-0.15, -0.1) is 0 Å². The summed E-state index contributed by atoms with van der Waals surface area (Å²) < 4.78 is 5.80. The summed E-state index contributed by atoms with van der Waals surface area (Å²) in [4.78, 5) is 6.90. The first-order valence-electron chi connectivity index (χ1n) is 10.8. The molecule has 1 N–H and O–H groups in total. The molecule has 0 saturated carbocycles.